The zero-order chi connectivity index (χ0) is 10.5. The van der Waals surface area contributed by atoms with E-state index in [1.54, 1.807) is 18.6 Å². The van der Waals surface area contributed by atoms with Crippen LogP contribution in [0.3, 0.4) is 0 Å². The Morgan fingerprint density at radius 1 is 1.40 bits per heavy atom. The van der Waals surface area contributed by atoms with Crippen molar-refractivity contribution in [3.05, 3.63) is 42.7 Å². The summed E-state index contributed by atoms with van der Waals surface area (Å²) in [5.74, 6) is 1.81. The fourth-order valence-corrected chi connectivity index (χ4v) is 1.33. The van der Waals surface area contributed by atoms with Crippen LogP contribution < -0.4 is 4.74 Å². The van der Waals surface area contributed by atoms with E-state index in [4.69, 9.17) is 4.74 Å². The van der Waals surface area contributed by atoms with Gasteiger partial charge >= 0.3 is 0 Å². The summed E-state index contributed by atoms with van der Waals surface area (Å²) in [4.78, 5) is 8.11. The van der Waals surface area contributed by atoms with Gasteiger partial charge in [-0.05, 0) is 19.1 Å². The normalized spacial score (nSPS) is 10.2. The van der Waals surface area contributed by atoms with Gasteiger partial charge in [0.05, 0.1) is 12.7 Å². The second-order valence-corrected chi connectivity index (χ2v) is 3.21. The lowest BCUT2D eigenvalue weighted by Gasteiger charge is -2.07. The summed E-state index contributed by atoms with van der Waals surface area (Å²) in [6.07, 6.45) is 7.18. The topological polar surface area (TPSA) is 39.9 Å². The number of imidazole rings is 1. The Labute approximate surface area is 88.6 Å². The van der Waals surface area contributed by atoms with Gasteiger partial charge in [0.15, 0.2) is 0 Å². The molecular weight excluding hydrogens is 190 g/mol. The molecule has 78 valence electrons. The van der Waals surface area contributed by atoms with E-state index < -0.39 is 0 Å². The molecular formula is C11H13N3O. The molecule has 0 atom stereocenters. The third-order valence-electron chi connectivity index (χ3n) is 2.16. The van der Waals surface area contributed by atoms with Crippen molar-refractivity contribution in [1.82, 2.24) is 14.5 Å². The van der Waals surface area contributed by atoms with Crippen LogP contribution in [0.4, 0.5) is 0 Å². The Bertz CT molecular complexity index is 411. The maximum atomic E-state index is 5.52. The minimum Gasteiger partial charge on any atom is -0.490 e. The predicted molar refractivity (Wildman–Crippen MR) is 56.7 cm³/mol. The van der Waals surface area contributed by atoms with Crippen molar-refractivity contribution in [3.63, 3.8) is 0 Å². The number of hydrogen-bond donors (Lipinski definition) is 0. The molecule has 4 nitrogen and oxygen atoms in total. The van der Waals surface area contributed by atoms with E-state index in [2.05, 4.69) is 14.5 Å². The van der Waals surface area contributed by atoms with Crippen LogP contribution in [0.5, 0.6) is 5.75 Å². The van der Waals surface area contributed by atoms with Gasteiger partial charge in [0.25, 0.3) is 0 Å². The van der Waals surface area contributed by atoms with Gasteiger partial charge in [0, 0.05) is 18.6 Å². The molecule has 15 heavy (non-hydrogen) atoms. The van der Waals surface area contributed by atoms with Crippen LogP contribution in [0.25, 0.3) is 0 Å². The molecule has 0 saturated heterocycles. The molecule has 2 aromatic rings. The summed E-state index contributed by atoms with van der Waals surface area (Å²) in [6.45, 7) is 3.41. The van der Waals surface area contributed by atoms with Crippen LogP contribution in [0.2, 0.25) is 0 Å². The summed E-state index contributed by atoms with van der Waals surface area (Å²) >= 11 is 0. The Kier molecular flexibility index (Phi) is 2.97. The number of hydrogen-bond acceptors (Lipinski definition) is 3. The zero-order valence-corrected chi connectivity index (χ0v) is 8.63. The highest BCUT2D eigenvalue weighted by molar-refractivity contribution is 5.15. The summed E-state index contributed by atoms with van der Waals surface area (Å²) in [6, 6.07) is 3.76. The third kappa shape index (κ3) is 2.56. The molecule has 0 spiro atoms. The van der Waals surface area contributed by atoms with Crippen molar-refractivity contribution in [2.75, 3.05) is 6.61 Å². The van der Waals surface area contributed by atoms with Crippen LogP contribution >= 0.6 is 0 Å². The number of pyridine rings is 1. The van der Waals surface area contributed by atoms with Gasteiger partial charge in [-0.15, -0.1) is 0 Å². The molecule has 0 aliphatic carbocycles. The first-order chi connectivity index (χ1) is 7.36. The SMILES string of the molecule is Cc1nccn1CCOc1cccnc1. The molecule has 0 amide bonds. The Hall–Kier alpha value is -1.84. The molecule has 2 aromatic heterocycles. The second-order valence-electron chi connectivity index (χ2n) is 3.21. The fourth-order valence-electron chi connectivity index (χ4n) is 1.33. The molecule has 0 N–H and O–H groups in total. The Balaban J connectivity index is 1.83. The van der Waals surface area contributed by atoms with E-state index in [9.17, 15) is 0 Å². The van der Waals surface area contributed by atoms with E-state index in [1.807, 2.05) is 25.3 Å². The summed E-state index contributed by atoms with van der Waals surface area (Å²) in [5, 5.41) is 0. The number of ether oxygens (including phenoxy) is 1. The van der Waals surface area contributed by atoms with Crippen molar-refractivity contribution >= 4 is 0 Å². The largest absolute Gasteiger partial charge is 0.490 e. The lowest BCUT2D eigenvalue weighted by molar-refractivity contribution is 0.296. The van der Waals surface area contributed by atoms with Crippen LogP contribution in [-0.4, -0.2) is 21.1 Å². The third-order valence-corrected chi connectivity index (χ3v) is 2.16. The minimum absolute atomic E-state index is 0.628. The van der Waals surface area contributed by atoms with Crippen LogP contribution in [0, 0.1) is 6.92 Å². The first kappa shape index (κ1) is 9.71. The summed E-state index contributed by atoms with van der Waals surface area (Å²) in [5.41, 5.74) is 0. The first-order valence-electron chi connectivity index (χ1n) is 4.87. The highest BCUT2D eigenvalue weighted by atomic mass is 16.5. The molecule has 0 aromatic carbocycles. The van der Waals surface area contributed by atoms with Crippen molar-refractivity contribution in [1.29, 1.82) is 0 Å². The van der Waals surface area contributed by atoms with Crippen LogP contribution in [0.15, 0.2) is 36.9 Å². The minimum atomic E-state index is 0.628. The average molecular weight is 203 g/mol. The smallest absolute Gasteiger partial charge is 0.137 e. The van der Waals surface area contributed by atoms with Gasteiger partial charge in [-0.3, -0.25) is 4.98 Å². The zero-order valence-electron chi connectivity index (χ0n) is 8.63. The summed E-state index contributed by atoms with van der Waals surface area (Å²) in [7, 11) is 0. The molecule has 0 radical (unpaired) electrons. The second kappa shape index (κ2) is 4.59. The van der Waals surface area contributed by atoms with Gasteiger partial charge in [0.1, 0.15) is 18.2 Å². The van der Waals surface area contributed by atoms with Gasteiger partial charge < -0.3 is 9.30 Å². The first-order valence-corrected chi connectivity index (χ1v) is 4.87. The standard InChI is InChI=1S/C11H13N3O/c1-10-13-5-6-14(10)7-8-15-11-3-2-4-12-9-11/h2-6,9H,7-8H2,1H3. The quantitative estimate of drug-likeness (QED) is 0.758. The molecule has 0 aliphatic heterocycles. The van der Waals surface area contributed by atoms with E-state index in [0.29, 0.717) is 6.61 Å². The molecule has 2 rings (SSSR count). The molecule has 4 heteroatoms. The van der Waals surface area contributed by atoms with E-state index in [-0.39, 0.29) is 0 Å². The predicted octanol–water partition coefficient (Wildman–Crippen LogP) is 1.67. The van der Waals surface area contributed by atoms with E-state index in [0.717, 1.165) is 18.1 Å². The Morgan fingerprint density at radius 3 is 3.00 bits per heavy atom. The molecule has 0 fully saturated rings. The van der Waals surface area contributed by atoms with Gasteiger partial charge in [-0.2, -0.15) is 0 Å². The van der Waals surface area contributed by atoms with Crippen LogP contribution in [-0.2, 0) is 6.54 Å². The van der Waals surface area contributed by atoms with Crippen LogP contribution in [0.1, 0.15) is 5.82 Å². The average Bonchev–Trinajstić information content (AvgIpc) is 2.66. The molecule has 0 aliphatic rings. The highest BCUT2D eigenvalue weighted by Crippen LogP contribution is 2.06. The van der Waals surface area contributed by atoms with Gasteiger partial charge in [-0.25, -0.2) is 4.98 Å². The summed E-state index contributed by atoms with van der Waals surface area (Å²) < 4.78 is 7.58. The maximum Gasteiger partial charge on any atom is 0.137 e. The Morgan fingerprint density at radius 2 is 2.33 bits per heavy atom. The monoisotopic (exact) mass is 203 g/mol. The molecule has 0 bridgehead atoms. The molecule has 0 unspecified atom stereocenters. The molecule has 2 heterocycles. The van der Waals surface area contributed by atoms with Crippen molar-refractivity contribution in [2.24, 2.45) is 0 Å². The van der Waals surface area contributed by atoms with Crippen molar-refractivity contribution in [3.8, 4) is 5.75 Å². The van der Waals surface area contributed by atoms with Crippen molar-refractivity contribution < 1.29 is 4.74 Å². The van der Waals surface area contributed by atoms with Crippen molar-refractivity contribution in [2.45, 2.75) is 13.5 Å². The van der Waals surface area contributed by atoms with E-state index >= 15 is 0 Å². The lowest BCUT2D eigenvalue weighted by atomic mass is 10.5. The number of aryl methyl sites for hydroxylation is 1. The molecule has 0 saturated carbocycles. The number of aromatic nitrogens is 3. The number of nitrogens with zero attached hydrogens (tertiary/aromatic N) is 3. The van der Waals surface area contributed by atoms with Gasteiger partial charge in [0.2, 0.25) is 0 Å². The van der Waals surface area contributed by atoms with Gasteiger partial charge in [-0.1, -0.05) is 0 Å². The fraction of sp³-hybridized carbons (Fsp3) is 0.273. The highest BCUT2D eigenvalue weighted by Gasteiger charge is 1.97. The number of rotatable bonds is 4. The lowest BCUT2D eigenvalue weighted by Crippen LogP contribution is -2.08. The maximum absolute atomic E-state index is 5.52. The van der Waals surface area contributed by atoms with E-state index in [1.165, 1.54) is 0 Å².